The Balaban J connectivity index is 2.15. The normalized spacial score (nSPS) is 18.7. The summed E-state index contributed by atoms with van der Waals surface area (Å²) in [6.45, 7) is 0.339. The predicted molar refractivity (Wildman–Crippen MR) is 65.4 cm³/mol. The third kappa shape index (κ3) is 2.33. The number of nitriles is 1. The van der Waals surface area contributed by atoms with Gasteiger partial charge in [-0.25, -0.2) is 0 Å². The van der Waals surface area contributed by atoms with Gasteiger partial charge in [0, 0.05) is 18.7 Å². The zero-order chi connectivity index (χ0) is 13.1. The fourth-order valence-electron chi connectivity index (χ4n) is 2.03. The number of hydrogen-bond acceptors (Lipinski definition) is 3. The Morgan fingerprint density at radius 3 is 2.61 bits per heavy atom. The third-order valence-corrected chi connectivity index (χ3v) is 3.06. The Morgan fingerprint density at radius 2 is 2.11 bits per heavy atom. The standard InChI is InChI=1S/C13H13N3O2/c14-6-5-9-1-3-11(4-2-9)16-8-10(13(15)18)7-12(16)17/h1-4,10H,5,7-8H2,(H2,15,18). The fraction of sp³-hybridized carbons (Fsp3) is 0.308. The number of anilines is 1. The summed E-state index contributed by atoms with van der Waals surface area (Å²) in [5, 5.41) is 8.57. The highest BCUT2D eigenvalue weighted by Gasteiger charge is 2.33. The zero-order valence-electron chi connectivity index (χ0n) is 9.80. The number of benzene rings is 1. The minimum atomic E-state index is -0.438. The zero-order valence-corrected chi connectivity index (χ0v) is 9.80. The summed E-state index contributed by atoms with van der Waals surface area (Å²) in [7, 11) is 0. The number of rotatable bonds is 3. The van der Waals surface area contributed by atoms with E-state index in [2.05, 4.69) is 6.07 Å². The quantitative estimate of drug-likeness (QED) is 0.842. The van der Waals surface area contributed by atoms with E-state index in [-0.39, 0.29) is 12.3 Å². The maximum atomic E-state index is 11.8. The summed E-state index contributed by atoms with van der Waals surface area (Å²) >= 11 is 0. The van der Waals surface area contributed by atoms with E-state index in [1.54, 1.807) is 17.0 Å². The lowest BCUT2D eigenvalue weighted by Crippen LogP contribution is -2.28. The first-order chi connectivity index (χ1) is 8.61. The number of primary amides is 1. The molecule has 2 amide bonds. The van der Waals surface area contributed by atoms with Crippen molar-refractivity contribution in [3.8, 4) is 6.07 Å². The third-order valence-electron chi connectivity index (χ3n) is 3.06. The maximum Gasteiger partial charge on any atom is 0.227 e. The van der Waals surface area contributed by atoms with Crippen molar-refractivity contribution in [2.45, 2.75) is 12.8 Å². The maximum absolute atomic E-state index is 11.8. The number of nitrogens with two attached hydrogens (primary N) is 1. The molecular weight excluding hydrogens is 230 g/mol. The van der Waals surface area contributed by atoms with Crippen LogP contribution in [0.15, 0.2) is 24.3 Å². The van der Waals surface area contributed by atoms with Crippen molar-refractivity contribution in [3.05, 3.63) is 29.8 Å². The van der Waals surface area contributed by atoms with Gasteiger partial charge in [0.05, 0.1) is 18.4 Å². The largest absolute Gasteiger partial charge is 0.369 e. The van der Waals surface area contributed by atoms with Gasteiger partial charge in [-0.05, 0) is 17.7 Å². The molecule has 0 aliphatic carbocycles. The monoisotopic (exact) mass is 243 g/mol. The molecule has 1 atom stereocenters. The second kappa shape index (κ2) is 4.88. The molecule has 5 heteroatoms. The molecule has 0 radical (unpaired) electrons. The highest BCUT2D eigenvalue weighted by Crippen LogP contribution is 2.25. The van der Waals surface area contributed by atoms with Gasteiger partial charge in [0.25, 0.3) is 0 Å². The van der Waals surface area contributed by atoms with Gasteiger partial charge in [-0.3, -0.25) is 9.59 Å². The van der Waals surface area contributed by atoms with E-state index in [9.17, 15) is 9.59 Å². The van der Waals surface area contributed by atoms with Crippen molar-refractivity contribution >= 4 is 17.5 Å². The topological polar surface area (TPSA) is 87.2 Å². The molecule has 5 nitrogen and oxygen atoms in total. The van der Waals surface area contributed by atoms with Crippen molar-refractivity contribution in [1.29, 1.82) is 5.26 Å². The predicted octanol–water partition coefficient (Wildman–Crippen LogP) is 0.591. The smallest absolute Gasteiger partial charge is 0.227 e. The molecule has 1 aliphatic rings. The Bertz CT molecular complexity index is 516. The van der Waals surface area contributed by atoms with E-state index in [1.807, 2.05) is 12.1 Å². The van der Waals surface area contributed by atoms with Gasteiger partial charge in [0.15, 0.2) is 0 Å². The molecule has 1 saturated heterocycles. The molecule has 0 bridgehead atoms. The van der Waals surface area contributed by atoms with Crippen LogP contribution < -0.4 is 10.6 Å². The second-order valence-electron chi connectivity index (χ2n) is 4.31. The van der Waals surface area contributed by atoms with Crippen LogP contribution >= 0.6 is 0 Å². The first-order valence-electron chi connectivity index (χ1n) is 5.67. The number of amides is 2. The van der Waals surface area contributed by atoms with Gasteiger partial charge in [-0.15, -0.1) is 0 Å². The molecule has 1 aromatic rings. The van der Waals surface area contributed by atoms with Crippen LogP contribution in [0.2, 0.25) is 0 Å². The van der Waals surface area contributed by atoms with Gasteiger partial charge in [0.2, 0.25) is 11.8 Å². The molecule has 2 N–H and O–H groups in total. The molecule has 92 valence electrons. The molecule has 1 fully saturated rings. The van der Waals surface area contributed by atoms with E-state index in [0.29, 0.717) is 13.0 Å². The van der Waals surface area contributed by atoms with Crippen LogP contribution in [0.4, 0.5) is 5.69 Å². The van der Waals surface area contributed by atoms with Gasteiger partial charge in [-0.2, -0.15) is 5.26 Å². The lowest BCUT2D eigenvalue weighted by Gasteiger charge is -2.16. The van der Waals surface area contributed by atoms with E-state index in [1.165, 1.54) is 0 Å². The van der Waals surface area contributed by atoms with Crippen LogP contribution in [0.25, 0.3) is 0 Å². The first kappa shape index (κ1) is 12.1. The molecule has 0 saturated carbocycles. The van der Waals surface area contributed by atoms with Crippen molar-refractivity contribution in [2.75, 3.05) is 11.4 Å². The molecule has 1 aliphatic heterocycles. The Kier molecular flexibility index (Phi) is 3.28. The van der Waals surface area contributed by atoms with Gasteiger partial charge < -0.3 is 10.6 Å². The van der Waals surface area contributed by atoms with Gasteiger partial charge >= 0.3 is 0 Å². The lowest BCUT2D eigenvalue weighted by atomic mass is 10.1. The summed E-state index contributed by atoms with van der Waals surface area (Å²) in [4.78, 5) is 24.4. The summed E-state index contributed by atoms with van der Waals surface area (Å²) in [5.41, 5.74) is 6.85. The van der Waals surface area contributed by atoms with Crippen LogP contribution in [0.3, 0.4) is 0 Å². The Morgan fingerprint density at radius 1 is 1.44 bits per heavy atom. The van der Waals surface area contributed by atoms with Crippen LogP contribution in [-0.4, -0.2) is 18.4 Å². The molecule has 2 rings (SSSR count). The second-order valence-corrected chi connectivity index (χ2v) is 4.31. The first-order valence-corrected chi connectivity index (χ1v) is 5.67. The van der Waals surface area contributed by atoms with E-state index in [0.717, 1.165) is 11.3 Å². The summed E-state index contributed by atoms with van der Waals surface area (Å²) in [6.07, 6.45) is 0.521. The number of carbonyl (C=O) groups excluding carboxylic acids is 2. The lowest BCUT2D eigenvalue weighted by molar-refractivity contribution is -0.123. The van der Waals surface area contributed by atoms with Crippen LogP contribution in [-0.2, 0) is 16.0 Å². The molecule has 18 heavy (non-hydrogen) atoms. The van der Waals surface area contributed by atoms with Crippen molar-refractivity contribution < 1.29 is 9.59 Å². The summed E-state index contributed by atoms with van der Waals surface area (Å²) in [5.74, 6) is -0.935. The minimum absolute atomic E-state index is 0.0909. The minimum Gasteiger partial charge on any atom is -0.369 e. The SMILES string of the molecule is N#CCc1ccc(N2CC(C(N)=O)CC2=O)cc1. The number of nitrogens with zero attached hydrogens (tertiary/aromatic N) is 2. The van der Waals surface area contributed by atoms with E-state index >= 15 is 0 Å². The van der Waals surface area contributed by atoms with Gasteiger partial charge in [0.1, 0.15) is 0 Å². The van der Waals surface area contributed by atoms with Crippen molar-refractivity contribution in [2.24, 2.45) is 11.7 Å². The average molecular weight is 243 g/mol. The Hall–Kier alpha value is -2.35. The number of hydrogen-bond donors (Lipinski definition) is 1. The van der Waals surface area contributed by atoms with Crippen LogP contribution in [0.5, 0.6) is 0 Å². The van der Waals surface area contributed by atoms with Gasteiger partial charge in [-0.1, -0.05) is 12.1 Å². The summed E-state index contributed by atoms with van der Waals surface area (Å²) in [6, 6.07) is 9.25. The molecule has 1 aromatic carbocycles. The Labute approximate surface area is 105 Å². The van der Waals surface area contributed by atoms with Crippen molar-refractivity contribution in [1.82, 2.24) is 0 Å². The molecule has 0 spiro atoms. The van der Waals surface area contributed by atoms with E-state index < -0.39 is 11.8 Å². The molecular formula is C13H13N3O2. The molecule has 1 unspecified atom stereocenters. The highest BCUT2D eigenvalue weighted by atomic mass is 16.2. The van der Waals surface area contributed by atoms with E-state index in [4.69, 9.17) is 11.0 Å². The van der Waals surface area contributed by atoms with Crippen molar-refractivity contribution in [3.63, 3.8) is 0 Å². The fourth-order valence-corrected chi connectivity index (χ4v) is 2.03. The number of carbonyl (C=O) groups is 2. The molecule has 0 aromatic heterocycles. The summed E-state index contributed by atoms with van der Waals surface area (Å²) < 4.78 is 0. The van der Waals surface area contributed by atoms with Crippen LogP contribution in [0.1, 0.15) is 12.0 Å². The van der Waals surface area contributed by atoms with Crippen LogP contribution in [0, 0.1) is 17.2 Å². The average Bonchev–Trinajstić information content (AvgIpc) is 2.73. The molecule has 1 heterocycles. The highest BCUT2D eigenvalue weighted by molar-refractivity contribution is 6.00.